The molecule has 1 aliphatic heterocycles. The Kier molecular flexibility index (Phi) is 13.5. The number of carboxylic acid groups (broad SMARTS) is 1. The van der Waals surface area contributed by atoms with Gasteiger partial charge in [0, 0.05) is 28.9 Å². The molecule has 0 radical (unpaired) electrons. The number of carbonyl (C=O) groups is 2. The second kappa shape index (κ2) is 16.0. The van der Waals surface area contributed by atoms with E-state index in [-0.39, 0.29) is 24.3 Å². The number of sulfonamides is 1. The van der Waals surface area contributed by atoms with Gasteiger partial charge in [0.15, 0.2) is 0 Å². The molecule has 0 spiro atoms. The number of nitrogens with one attached hydrogen (secondary N) is 1. The van der Waals surface area contributed by atoms with Gasteiger partial charge in [-0.05, 0) is 54.5 Å². The van der Waals surface area contributed by atoms with E-state index >= 15 is 0 Å². The van der Waals surface area contributed by atoms with Gasteiger partial charge in [0.1, 0.15) is 0 Å². The van der Waals surface area contributed by atoms with E-state index in [0.717, 1.165) is 16.9 Å². The van der Waals surface area contributed by atoms with E-state index < -0.39 is 21.4 Å². The maximum Gasteiger partial charge on any atom is 0.310 e. The molecule has 2 N–H and O–H groups in total. The van der Waals surface area contributed by atoms with Crippen LogP contribution < -0.4 is 4.72 Å². The van der Waals surface area contributed by atoms with Gasteiger partial charge in [0.2, 0.25) is 15.9 Å². The van der Waals surface area contributed by atoms with E-state index in [2.05, 4.69) is 28.8 Å². The molecule has 0 bridgehead atoms. The van der Waals surface area contributed by atoms with Gasteiger partial charge in [-0.3, -0.25) is 9.59 Å². The number of nitrogens with zero attached hydrogens (tertiary/aromatic N) is 1. The van der Waals surface area contributed by atoms with E-state index in [1.54, 1.807) is 29.2 Å². The van der Waals surface area contributed by atoms with E-state index in [1.165, 1.54) is 10.4 Å². The van der Waals surface area contributed by atoms with Crippen molar-refractivity contribution in [2.24, 2.45) is 17.3 Å². The Hall–Kier alpha value is -2.76. The molecule has 8 nitrogen and oxygen atoms in total. The number of allylic oxidation sites excluding steroid dienone is 5. The number of benzene rings is 1. The number of carbonyl (C=O) groups excluding carboxylic acids is 1. The second-order valence-electron chi connectivity index (χ2n) is 9.82. The summed E-state index contributed by atoms with van der Waals surface area (Å²) in [5, 5.41) is 12.0. The smallest absolute Gasteiger partial charge is 0.310 e. The molecule has 224 valence electrons. The number of hydrogen-bond acceptors (Lipinski definition) is 6. The van der Waals surface area contributed by atoms with Crippen LogP contribution in [0.5, 0.6) is 0 Å². The van der Waals surface area contributed by atoms with E-state index in [0.29, 0.717) is 26.3 Å². The summed E-state index contributed by atoms with van der Waals surface area (Å²) in [7, 11) is -3.29. The van der Waals surface area contributed by atoms with Crippen LogP contribution in [-0.2, 0) is 24.3 Å². The van der Waals surface area contributed by atoms with E-state index in [9.17, 15) is 18.0 Å². The quantitative estimate of drug-likeness (QED) is 0.376. The predicted octanol–water partition coefficient (Wildman–Crippen LogP) is 5.49. The van der Waals surface area contributed by atoms with Crippen molar-refractivity contribution in [3.63, 3.8) is 0 Å². The lowest BCUT2D eigenvalue weighted by Crippen LogP contribution is -2.45. The van der Waals surface area contributed by atoms with Gasteiger partial charge in [-0.15, -0.1) is 11.3 Å². The lowest BCUT2D eigenvalue weighted by atomic mass is 10.0. The molecule has 2 unspecified atom stereocenters. The van der Waals surface area contributed by atoms with Gasteiger partial charge < -0.3 is 14.7 Å². The molecule has 11 heteroatoms. The Morgan fingerprint density at radius 3 is 2.34 bits per heavy atom. The topological polar surface area (TPSA) is 113 Å². The average Bonchev–Trinajstić information content (AvgIpc) is 3.26. The summed E-state index contributed by atoms with van der Waals surface area (Å²) in [6.07, 6.45) is 8.58. The van der Waals surface area contributed by atoms with Crippen LogP contribution >= 0.6 is 22.9 Å². The number of aliphatic carboxylic acids is 1. The summed E-state index contributed by atoms with van der Waals surface area (Å²) >= 11 is 7.52. The van der Waals surface area contributed by atoms with Crippen molar-refractivity contribution in [2.75, 3.05) is 39.1 Å². The zero-order chi connectivity index (χ0) is 30.6. The van der Waals surface area contributed by atoms with Crippen molar-refractivity contribution in [3.05, 3.63) is 83.3 Å². The van der Waals surface area contributed by atoms with Gasteiger partial charge in [-0.25, -0.2) is 13.1 Å². The van der Waals surface area contributed by atoms with Crippen LogP contribution in [0.2, 0.25) is 5.02 Å². The Balaban J connectivity index is 0.000000216. The fraction of sp³-hybridized carbons (Fsp3) is 0.400. The lowest BCUT2D eigenvalue weighted by molar-refractivity contribution is -0.143. The Morgan fingerprint density at radius 1 is 1.24 bits per heavy atom. The molecule has 2 fully saturated rings. The molecule has 1 aliphatic carbocycles. The third-order valence-corrected chi connectivity index (χ3v) is 8.86. The molecule has 1 aromatic carbocycles. The number of thiophene rings is 1. The van der Waals surface area contributed by atoms with Gasteiger partial charge in [0.05, 0.1) is 31.4 Å². The molecular formula is C30H39ClN2O6S2. The maximum absolute atomic E-state index is 11.4. The van der Waals surface area contributed by atoms with Crippen LogP contribution in [-0.4, -0.2) is 69.4 Å². The van der Waals surface area contributed by atoms with Crippen molar-refractivity contribution in [3.8, 4) is 10.4 Å². The maximum atomic E-state index is 11.4. The van der Waals surface area contributed by atoms with Crippen molar-refractivity contribution in [1.82, 2.24) is 9.62 Å². The largest absolute Gasteiger partial charge is 0.481 e. The van der Waals surface area contributed by atoms with E-state index in [1.807, 2.05) is 56.3 Å². The molecule has 1 saturated heterocycles. The summed E-state index contributed by atoms with van der Waals surface area (Å²) in [5.41, 5.74) is 1.64. The van der Waals surface area contributed by atoms with Crippen molar-refractivity contribution < 1.29 is 27.9 Å². The highest BCUT2D eigenvalue weighted by molar-refractivity contribution is 7.88. The zero-order valence-corrected chi connectivity index (χ0v) is 26.3. The first-order valence-electron chi connectivity index (χ1n) is 13.1. The fourth-order valence-corrected chi connectivity index (χ4v) is 5.62. The SMILES string of the molecule is C=C/C(=C\C=C/C)C1[C@@H](C)C1(C)C(=O)O.CS(=O)(=O)NCC(=O)N1CCOCC1.Clc1ccc(-c2cccs2)cc1. The Bertz CT molecular complexity index is 1320. The van der Waals surface area contributed by atoms with Crippen molar-refractivity contribution >= 4 is 44.8 Å². The molecule has 4 rings (SSSR count). The fourth-order valence-electron chi connectivity index (χ4n) is 4.37. The van der Waals surface area contributed by atoms with Crippen LogP contribution in [0.4, 0.5) is 0 Å². The minimum Gasteiger partial charge on any atom is -0.481 e. The highest BCUT2D eigenvalue weighted by Crippen LogP contribution is 2.62. The minimum atomic E-state index is -3.29. The highest BCUT2D eigenvalue weighted by Gasteiger charge is 2.64. The average molecular weight is 623 g/mol. The standard InChI is InChI=1S/C13H18O2.C10H7ClS.C7H14N2O4S/c1-5-7-8-10(6-2)11-9(3)13(11,4)12(14)15;11-9-5-3-8(4-6-9)10-2-1-7-12-10;1-14(11,12)8-6-7(10)9-2-4-13-5-3-9/h5-9,11H,2H2,1,3-4H3,(H,14,15);1-7H;8H,2-6H2,1H3/b7-5-,10-8+;;/t9-,11?,13?;;/m1../s1. The lowest BCUT2D eigenvalue weighted by Gasteiger charge is -2.26. The van der Waals surface area contributed by atoms with Crippen LogP contribution in [0.3, 0.4) is 0 Å². The second-order valence-corrected chi connectivity index (χ2v) is 13.0. The minimum absolute atomic E-state index is 0.101. The number of rotatable bonds is 8. The molecule has 1 saturated carbocycles. The normalized spacial score (nSPS) is 22.2. The summed E-state index contributed by atoms with van der Waals surface area (Å²) in [4.78, 5) is 25.4. The first-order valence-corrected chi connectivity index (χ1v) is 16.3. The number of amides is 1. The van der Waals surface area contributed by atoms with Crippen LogP contribution in [0, 0.1) is 17.3 Å². The molecule has 3 atom stereocenters. The van der Waals surface area contributed by atoms with Crippen molar-refractivity contribution in [2.45, 2.75) is 20.8 Å². The van der Waals surface area contributed by atoms with Gasteiger partial charge in [-0.1, -0.05) is 67.6 Å². The molecule has 41 heavy (non-hydrogen) atoms. The third-order valence-electron chi connectivity index (χ3n) is 7.02. The van der Waals surface area contributed by atoms with Crippen LogP contribution in [0.1, 0.15) is 20.8 Å². The Morgan fingerprint density at radius 2 is 1.88 bits per heavy atom. The summed E-state index contributed by atoms with van der Waals surface area (Å²) in [6.45, 7) is 11.4. The molecule has 2 aliphatic rings. The first-order chi connectivity index (χ1) is 19.3. The number of carboxylic acids is 1. The predicted molar refractivity (Wildman–Crippen MR) is 167 cm³/mol. The van der Waals surface area contributed by atoms with E-state index in [4.69, 9.17) is 21.4 Å². The molecule has 1 aromatic heterocycles. The number of morpholine rings is 1. The first kappa shape index (κ1) is 34.4. The van der Waals surface area contributed by atoms with Gasteiger partial charge in [0.25, 0.3) is 0 Å². The Labute approximate surface area is 252 Å². The zero-order valence-electron chi connectivity index (χ0n) is 23.9. The van der Waals surface area contributed by atoms with Crippen LogP contribution in [0.15, 0.2) is 78.2 Å². The number of ether oxygens (including phenoxy) is 1. The summed E-state index contributed by atoms with van der Waals surface area (Å²) in [5.74, 6) is -0.639. The highest BCUT2D eigenvalue weighted by atomic mass is 35.5. The molecule has 1 amide bonds. The number of halogens is 1. The molecule has 2 heterocycles. The number of hydrogen-bond donors (Lipinski definition) is 2. The third kappa shape index (κ3) is 10.5. The van der Waals surface area contributed by atoms with Gasteiger partial charge in [-0.2, -0.15) is 0 Å². The van der Waals surface area contributed by atoms with Crippen LogP contribution in [0.25, 0.3) is 10.4 Å². The molecule has 2 aromatic rings. The summed E-state index contributed by atoms with van der Waals surface area (Å²) < 4.78 is 28.6. The monoisotopic (exact) mass is 622 g/mol. The van der Waals surface area contributed by atoms with Gasteiger partial charge >= 0.3 is 5.97 Å². The molecular weight excluding hydrogens is 584 g/mol. The van der Waals surface area contributed by atoms with Crippen molar-refractivity contribution in [1.29, 1.82) is 0 Å². The summed E-state index contributed by atoms with van der Waals surface area (Å²) in [6, 6.07) is 12.1.